The zero-order chi connectivity index (χ0) is 19.2. The van der Waals surface area contributed by atoms with Crippen molar-refractivity contribution in [3.63, 3.8) is 0 Å². The number of fused-ring (bicyclic) bond motifs is 2. The fraction of sp³-hybridized carbons (Fsp3) is 0.476. The first-order chi connectivity index (χ1) is 12.9. The molecule has 0 unspecified atom stereocenters. The number of piperidine rings is 1. The number of carbonyl (C=O) groups is 2. The van der Waals surface area contributed by atoms with E-state index >= 15 is 0 Å². The maximum absolute atomic E-state index is 13.1. The van der Waals surface area contributed by atoms with Gasteiger partial charge in [-0.2, -0.15) is 0 Å². The summed E-state index contributed by atoms with van der Waals surface area (Å²) in [4.78, 5) is 29.6. The highest BCUT2D eigenvalue weighted by Crippen LogP contribution is 2.46. The Morgan fingerprint density at radius 1 is 1.33 bits per heavy atom. The molecule has 6 nitrogen and oxygen atoms in total. The molecule has 1 atom stereocenters. The standard InChI is InChI=1S/C21H25N3O3/c1-14(2)11-15-12-18(27-22-15)19(25)24-10-6-9-21(13-24)16-7-4-5-8-17(16)23(3)20(21)26/h4-5,7-8,12,14H,6,9-11,13H2,1-3H3/t21-/m0/s1. The largest absolute Gasteiger partial charge is 0.351 e. The summed E-state index contributed by atoms with van der Waals surface area (Å²) < 4.78 is 5.31. The minimum absolute atomic E-state index is 0.0688. The van der Waals surface area contributed by atoms with Crippen LogP contribution in [0.25, 0.3) is 0 Å². The molecular formula is C21H25N3O3. The van der Waals surface area contributed by atoms with Gasteiger partial charge < -0.3 is 14.3 Å². The number of benzene rings is 1. The molecule has 27 heavy (non-hydrogen) atoms. The molecule has 1 fully saturated rings. The number of likely N-dealkylation sites (N-methyl/N-ethyl adjacent to an activating group) is 1. The minimum Gasteiger partial charge on any atom is -0.351 e. The highest BCUT2D eigenvalue weighted by Gasteiger charge is 2.52. The lowest BCUT2D eigenvalue weighted by Gasteiger charge is -2.39. The van der Waals surface area contributed by atoms with Gasteiger partial charge in [0.15, 0.2) is 0 Å². The van der Waals surface area contributed by atoms with Crippen molar-refractivity contribution < 1.29 is 14.1 Å². The first-order valence-corrected chi connectivity index (χ1v) is 9.55. The molecular weight excluding hydrogens is 342 g/mol. The number of aromatic nitrogens is 1. The molecule has 2 amide bonds. The van der Waals surface area contributed by atoms with Crippen molar-refractivity contribution in [1.29, 1.82) is 0 Å². The van der Waals surface area contributed by atoms with E-state index < -0.39 is 5.41 Å². The maximum Gasteiger partial charge on any atom is 0.292 e. The van der Waals surface area contributed by atoms with Crippen molar-refractivity contribution in [2.45, 2.75) is 38.5 Å². The van der Waals surface area contributed by atoms with Gasteiger partial charge in [0.2, 0.25) is 11.7 Å². The van der Waals surface area contributed by atoms with E-state index in [0.29, 0.717) is 19.0 Å². The Bertz CT molecular complexity index is 888. The molecule has 1 aromatic heterocycles. The Kier molecular flexibility index (Phi) is 4.29. The fourth-order valence-electron chi connectivity index (χ4n) is 4.42. The first-order valence-electron chi connectivity index (χ1n) is 9.55. The summed E-state index contributed by atoms with van der Waals surface area (Å²) in [7, 11) is 1.81. The van der Waals surface area contributed by atoms with Crippen LogP contribution in [0.15, 0.2) is 34.9 Å². The number of hydrogen-bond donors (Lipinski definition) is 0. The summed E-state index contributed by atoms with van der Waals surface area (Å²) in [5.41, 5.74) is 2.10. The van der Waals surface area contributed by atoms with E-state index in [-0.39, 0.29) is 17.6 Å². The van der Waals surface area contributed by atoms with Gasteiger partial charge in [-0.3, -0.25) is 9.59 Å². The van der Waals surface area contributed by atoms with Crippen LogP contribution >= 0.6 is 0 Å². The van der Waals surface area contributed by atoms with Gasteiger partial charge >= 0.3 is 0 Å². The van der Waals surface area contributed by atoms with Crippen molar-refractivity contribution >= 4 is 17.5 Å². The van der Waals surface area contributed by atoms with Crippen molar-refractivity contribution in [3.05, 3.63) is 47.3 Å². The van der Waals surface area contributed by atoms with Gasteiger partial charge in [0.25, 0.3) is 5.91 Å². The van der Waals surface area contributed by atoms with Crippen LogP contribution < -0.4 is 4.90 Å². The van der Waals surface area contributed by atoms with Crippen LogP contribution in [-0.2, 0) is 16.6 Å². The second-order valence-electron chi connectivity index (χ2n) is 8.07. The average molecular weight is 367 g/mol. The molecule has 0 N–H and O–H groups in total. The topological polar surface area (TPSA) is 66.7 Å². The Hall–Kier alpha value is -2.63. The Labute approximate surface area is 159 Å². The zero-order valence-electron chi connectivity index (χ0n) is 16.1. The quantitative estimate of drug-likeness (QED) is 0.836. The number of hydrogen-bond acceptors (Lipinski definition) is 4. The molecule has 2 aliphatic rings. The van der Waals surface area contributed by atoms with Crippen LogP contribution in [-0.4, -0.2) is 42.0 Å². The lowest BCUT2D eigenvalue weighted by molar-refractivity contribution is -0.124. The third-order valence-electron chi connectivity index (χ3n) is 5.66. The highest BCUT2D eigenvalue weighted by molar-refractivity contribution is 6.08. The van der Waals surface area contributed by atoms with Gasteiger partial charge in [-0.05, 0) is 36.8 Å². The lowest BCUT2D eigenvalue weighted by Crippen LogP contribution is -2.53. The molecule has 4 rings (SSSR count). The molecule has 142 valence electrons. The molecule has 0 aliphatic carbocycles. The van der Waals surface area contributed by atoms with Crippen LogP contribution in [0.3, 0.4) is 0 Å². The summed E-state index contributed by atoms with van der Waals surface area (Å²) in [5, 5.41) is 4.03. The summed E-state index contributed by atoms with van der Waals surface area (Å²) in [6, 6.07) is 9.62. The molecule has 0 saturated carbocycles. The van der Waals surface area contributed by atoms with Crippen LogP contribution in [0.4, 0.5) is 5.69 Å². The third-order valence-corrected chi connectivity index (χ3v) is 5.66. The van der Waals surface area contributed by atoms with Crippen LogP contribution in [0.1, 0.15) is 48.5 Å². The van der Waals surface area contributed by atoms with Gasteiger partial charge in [0.05, 0.1) is 11.1 Å². The zero-order valence-corrected chi connectivity index (χ0v) is 16.1. The second kappa shape index (κ2) is 6.51. The first kappa shape index (κ1) is 17.8. The van der Waals surface area contributed by atoms with E-state index in [9.17, 15) is 9.59 Å². The molecule has 1 saturated heterocycles. The number of anilines is 1. The van der Waals surface area contributed by atoms with E-state index in [2.05, 4.69) is 19.0 Å². The van der Waals surface area contributed by atoms with Gasteiger partial charge in [0, 0.05) is 31.9 Å². The fourth-order valence-corrected chi connectivity index (χ4v) is 4.42. The summed E-state index contributed by atoms with van der Waals surface area (Å²) in [6.45, 7) is 5.21. The molecule has 2 aliphatic heterocycles. The normalized spacial score (nSPS) is 22.0. The molecule has 3 heterocycles. The van der Waals surface area contributed by atoms with E-state index in [1.807, 2.05) is 31.3 Å². The molecule has 0 bridgehead atoms. The summed E-state index contributed by atoms with van der Waals surface area (Å²) in [5.74, 6) is 0.588. The van der Waals surface area contributed by atoms with Gasteiger partial charge in [-0.25, -0.2) is 0 Å². The van der Waals surface area contributed by atoms with Crippen LogP contribution in [0, 0.1) is 5.92 Å². The average Bonchev–Trinajstić information content (AvgIpc) is 3.20. The van der Waals surface area contributed by atoms with E-state index in [1.165, 1.54) is 0 Å². The summed E-state index contributed by atoms with van der Waals surface area (Å²) in [6.07, 6.45) is 2.32. The van der Waals surface area contributed by atoms with Crippen molar-refractivity contribution in [2.24, 2.45) is 5.92 Å². The summed E-state index contributed by atoms with van der Waals surface area (Å²) >= 11 is 0. The second-order valence-corrected chi connectivity index (χ2v) is 8.07. The Morgan fingerprint density at radius 2 is 2.11 bits per heavy atom. The van der Waals surface area contributed by atoms with Crippen LogP contribution in [0.5, 0.6) is 0 Å². The number of rotatable bonds is 3. The monoisotopic (exact) mass is 367 g/mol. The van der Waals surface area contributed by atoms with Gasteiger partial charge in [-0.1, -0.05) is 37.2 Å². The van der Waals surface area contributed by atoms with Crippen molar-refractivity contribution in [3.8, 4) is 0 Å². The SMILES string of the molecule is CC(C)Cc1cc(C(=O)N2CCC[C@@]3(C2)C(=O)N(C)c2ccccc23)on1. The lowest BCUT2D eigenvalue weighted by atomic mass is 9.75. The molecule has 6 heteroatoms. The predicted octanol–water partition coefficient (Wildman–Crippen LogP) is 3.02. The predicted molar refractivity (Wildman–Crippen MR) is 102 cm³/mol. The van der Waals surface area contributed by atoms with E-state index in [4.69, 9.17) is 4.52 Å². The van der Waals surface area contributed by atoms with Crippen molar-refractivity contribution in [1.82, 2.24) is 10.1 Å². The number of amides is 2. The molecule has 1 spiro atoms. The number of likely N-dealkylation sites (tertiary alicyclic amines) is 1. The molecule has 0 radical (unpaired) electrons. The molecule has 2 aromatic rings. The smallest absolute Gasteiger partial charge is 0.292 e. The van der Waals surface area contributed by atoms with E-state index in [1.54, 1.807) is 15.9 Å². The molecule has 1 aromatic carbocycles. The van der Waals surface area contributed by atoms with Crippen LogP contribution in [0.2, 0.25) is 0 Å². The number of carbonyl (C=O) groups excluding carboxylic acids is 2. The van der Waals surface area contributed by atoms with Crippen molar-refractivity contribution in [2.75, 3.05) is 25.0 Å². The highest BCUT2D eigenvalue weighted by atomic mass is 16.5. The minimum atomic E-state index is -0.653. The maximum atomic E-state index is 13.1. The Morgan fingerprint density at radius 3 is 2.89 bits per heavy atom. The number of nitrogens with zero attached hydrogens (tertiary/aromatic N) is 3. The number of para-hydroxylation sites is 1. The van der Waals surface area contributed by atoms with Gasteiger partial charge in [0.1, 0.15) is 0 Å². The van der Waals surface area contributed by atoms with E-state index in [0.717, 1.165) is 36.2 Å². The third kappa shape index (κ3) is 2.83. The van der Waals surface area contributed by atoms with Gasteiger partial charge in [-0.15, -0.1) is 0 Å². The Balaban J connectivity index is 1.61.